The number of aromatic nitrogens is 2. The Labute approximate surface area is 123 Å². The number of aryl methyl sites for hydroxylation is 2. The van der Waals surface area contributed by atoms with Crippen LogP contribution in [0, 0.1) is 19.7 Å². The summed E-state index contributed by atoms with van der Waals surface area (Å²) in [6.45, 7) is 3.34. The smallest absolute Gasteiger partial charge is 0.335 e. The molecule has 0 saturated carbocycles. The Morgan fingerprint density at radius 2 is 1.71 bits per heavy atom. The Kier molecular flexibility index (Phi) is 4.04. The lowest BCUT2D eigenvalue weighted by molar-refractivity contribution is -0.137. The molecule has 0 aliphatic carbocycles. The van der Waals surface area contributed by atoms with Crippen LogP contribution in [0.4, 0.5) is 29.1 Å². The molecule has 0 aliphatic heterocycles. The lowest BCUT2D eigenvalue weighted by Gasteiger charge is -2.12. The van der Waals surface area contributed by atoms with Crippen LogP contribution in [0.5, 0.6) is 0 Å². The van der Waals surface area contributed by atoms with Gasteiger partial charge in [0.15, 0.2) is 11.0 Å². The van der Waals surface area contributed by atoms with Crippen LogP contribution >= 0.6 is 11.6 Å². The standard InChI is InChI=1S/C13H10ClF4N3/c1-6-7(2)20-12(11(14)19-6)21-10-5-8(13(16,17)18)3-4-9(10)15/h3-5H,1-2H3,(H,20,21). The Morgan fingerprint density at radius 3 is 2.33 bits per heavy atom. The zero-order valence-electron chi connectivity index (χ0n) is 11.0. The molecule has 2 rings (SSSR count). The highest BCUT2D eigenvalue weighted by Crippen LogP contribution is 2.33. The van der Waals surface area contributed by atoms with Gasteiger partial charge in [0, 0.05) is 0 Å². The van der Waals surface area contributed by atoms with Crippen molar-refractivity contribution in [2.24, 2.45) is 0 Å². The summed E-state index contributed by atoms with van der Waals surface area (Å²) in [7, 11) is 0. The summed E-state index contributed by atoms with van der Waals surface area (Å²) in [6.07, 6.45) is -4.57. The zero-order chi connectivity index (χ0) is 15.8. The van der Waals surface area contributed by atoms with Crippen LogP contribution in [0.25, 0.3) is 0 Å². The highest BCUT2D eigenvalue weighted by atomic mass is 35.5. The molecule has 0 fully saturated rings. The summed E-state index contributed by atoms with van der Waals surface area (Å²) in [4.78, 5) is 8.01. The monoisotopic (exact) mass is 319 g/mol. The minimum absolute atomic E-state index is 0.00186. The first-order valence-corrected chi connectivity index (χ1v) is 6.21. The molecular formula is C13H10ClF4N3. The van der Waals surface area contributed by atoms with Crippen molar-refractivity contribution >= 4 is 23.1 Å². The van der Waals surface area contributed by atoms with Crippen LogP contribution in [0.1, 0.15) is 17.0 Å². The molecule has 3 nitrogen and oxygen atoms in total. The van der Waals surface area contributed by atoms with Crippen LogP contribution < -0.4 is 5.32 Å². The Balaban J connectivity index is 2.42. The van der Waals surface area contributed by atoms with E-state index >= 15 is 0 Å². The molecule has 0 atom stereocenters. The molecule has 21 heavy (non-hydrogen) atoms. The Hall–Kier alpha value is -1.89. The predicted octanol–water partition coefficient (Wildman–Crippen LogP) is 4.65. The number of rotatable bonds is 2. The van der Waals surface area contributed by atoms with Crippen molar-refractivity contribution in [2.75, 3.05) is 5.32 Å². The minimum Gasteiger partial charge on any atom is -0.335 e. The number of benzene rings is 1. The molecule has 1 aromatic carbocycles. The van der Waals surface area contributed by atoms with Gasteiger partial charge in [0.05, 0.1) is 22.6 Å². The molecule has 1 N–H and O–H groups in total. The van der Waals surface area contributed by atoms with Crippen LogP contribution in [0.3, 0.4) is 0 Å². The molecule has 1 aromatic heterocycles. The summed E-state index contributed by atoms with van der Waals surface area (Å²) in [6, 6.07) is 2.05. The average molecular weight is 320 g/mol. The van der Waals surface area contributed by atoms with Gasteiger partial charge < -0.3 is 5.32 Å². The van der Waals surface area contributed by atoms with Crippen molar-refractivity contribution in [1.82, 2.24) is 9.97 Å². The summed E-state index contributed by atoms with van der Waals surface area (Å²) < 4.78 is 51.5. The summed E-state index contributed by atoms with van der Waals surface area (Å²) in [5.41, 5.74) is -0.229. The van der Waals surface area contributed by atoms with E-state index in [1.807, 2.05) is 0 Å². The topological polar surface area (TPSA) is 37.8 Å². The third kappa shape index (κ3) is 3.41. The summed E-state index contributed by atoms with van der Waals surface area (Å²) >= 11 is 5.85. The number of hydrogen-bond donors (Lipinski definition) is 1. The van der Waals surface area contributed by atoms with Gasteiger partial charge in [-0.2, -0.15) is 13.2 Å². The van der Waals surface area contributed by atoms with Gasteiger partial charge >= 0.3 is 6.18 Å². The van der Waals surface area contributed by atoms with E-state index in [1.54, 1.807) is 13.8 Å². The van der Waals surface area contributed by atoms with E-state index in [2.05, 4.69) is 15.3 Å². The van der Waals surface area contributed by atoms with Crippen molar-refractivity contribution in [3.63, 3.8) is 0 Å². The van der Waals surface area contributed by atoms with E-state index in [1.165, 1.54) is 0 Å². The third-order valence-corrected chi connectivity index (χ3v) is 3.07. The third-order valence-electron chi connectivity index (χ3n) is 2.81. The van der Waals surface area contributed by atoms with Gasteiger partial charge in [-0.15, -0.1) is 0 Å². The normalized spacial score (nSPS) is 11.6. The van der Waals surface area contributed by atoms with Crippen molar-refractivity contribution in [2.45, 2.75) is 20.0 Å². The molecule has 0 unspecified atom stereocenters. The second-order valence-electron chi connectivity index (χ2n) is 4.35. The van der Waals surface area contributed by atoms with Gasteiger partial charge in [0.1, 0.15) is 5.82 Å². The fraction of sp³-hybridized carbons (Fsp3) is 0.231. The van der Waals surface area contributed by atoms with Crippen molar-refractivity contribution in [1.29, 1.82) is 0 Å². The highest BCUT2D eigenvalue weighted by molar-refractivity contribution is 6.31. The SMILES string of the molecule is Cc1nc(Cl)c(Nc2cc(C(F)(F)F)ccc2F)nc1C. The highest BCUT2D eigenvalue weighted by Gasteiger charge is 2.31. The molecule has 0 saturated heterocycles. The Morgan fingerprint density at radius 1 is 1.10 bits per heavy atom. The van der Waals surface area contributed by atoms with Gasteiger partial charge in [-0.25, -0.2) is 14.4 Å². The van der Waals surface area contributed by atoms with E-state index in [4.69, 9.17) is 11.6 Å². The number of nitrogens with zero attached hydrogens (tertiary/aromatic N) is 2. The van der Waals surface area contributed by atoms with Crippen LogP contribution in [0.2, 0.25) is 5.15 Å². The first-order chi connectivity index (χ1) is 9.68. The van der Waals surface area contributed by atoms with Crippen molar-refractivity contribution in [3.8, 4) is 0 Å². The van der Waals surface area contributed by atoms with E-state index in [0.29, 0.717) is 23.5 Å². The molecule has 8 heteroatoms. The molecular weight excluding hydrogens is 310 g/mol. The van der Waals surface area contributed by atoms with Gasteiger partial charge in [0.2, 0.25) is 0 Å². The maximum Gasteiger partial charge on any atom is 0.416 e. The number of halogens is 5. The van der Waals surface area contributed by atoms with Crippen molar-refractivity contribution in [3.05, 3.63) is 46.1 Å². The molecule has 112 valence electrons. The fourth-order valence-electron chi connectivity index (χ4n) is 1.58. The molecule has 2 aromatic rings. The molecule has 0 spiro atoms. The summed E-state index contributed by atoms with van der Waals surface area (Å²) in [5.74, 6) is -0.850. The molecule has 0 aliphatic rings. The molecule has 0 bridgehead atoms. The second kappa shape index (κ2) is 5.48. The minimum atomic E-state index is -4.57. The first-order valence-electron chi connectivity index (χ1n) is 5.83. The lowest BCUT2D eigenvalue weighted by Crippen LogP contribution is -2.07. The van der Waals surface area contributed by atoms with Crippen molar-refractivity contribution < 1.29 is 17.6 Å². The lowest BCUT2D eigenvalue weighted by atomic mass is 10.2. The maximum atomic E-state index is 13.6. The largest absolute Gasteiger partial charge is 0.416 e. The maximum absolute atomic E-state index is 13.6. The number of anilines is 2. The quantitative estimate of drug-likeness (QED) is 0.819. The van der Waals surface area contributed by atoms with E-state index in [0.717, 1.165) is 6.07 Å². The van der Waals surface area contributed by atoms with Gasteiger partial charge in [-0.1, -0.05) is 11.6 Å². The molecule has 0 amide bonds. The second-order valence-corrected chi connectivity index (χ2v) is 4.71. The number of nitrogens with one attached hydrogen (secondary N) is 1. The van der Waals surface area contributed by atoms with Gasteiger partial charge in [0.25, 0.3) is 0 Å². The average Bonchev–Trinajstić information content (AvgIpc) is 2.37. The number of alkyl halides is 3. The zero-order valence-corrected chi connectivity index (χ0v) is 11.8. The van der Waals surface area contributed by atoms with E-state index in [9.17, 15) is 17.6 Å². The Bertz CT molecular complexity index is 686. The van der Waals surface area contributed by atoms with Gasteiger partial charge in [-0.3, -0.25) is 0 Å². The van der Waals surface area contributed by atoms with Crippen LogP contribution in [-0.2, 0) is 6.18 Å². The molecule has 1 heterocycles. The number of hydrogen-bond acceptors (Lipinski definition) is 3. The fourth-order valence-corrected chi connectivity index (χ4v) is 1.80. The van der Waals surface area contributed by atoms with Gasteiger partial charge in [-0.05, 0) is 32.0 Å². The van der Waals surface area contributed by atoms with E-state index < -0.39 is 17.6 Å². The van der Waals surface area contributed by atoms with E-state index in [-0.39, 0.29) is 16.7 Å². The van der Waals surface area contributed by atoms with Crippen LogP contribution in [-0.4, -0.2) is 9.97 Å². The molecule has 0 radical (unpaired) electrons. The van der Waals surface area contributed by atoms with Crippen LogP contribution in [0.15, 0.2) is 18.2 Å². The predicted molar refractivity (Wildman–Crippen MR) is 71.2 cm³/mol. The first kappa shape index (κ1) is 15.5. The summed E-state index contributed by atoms with van der Waals surface area (Å²) in [5, 5.41) is 2.39.